The number of nitrogens with two attached hydrogens (primary N) is 1. The molecule has 1 saturated heterocycles. The molecule has 0 amide bonds. The van der Waals surface area contributed by atoms with E-state index in [4.69, 9.17) is 10.5 Å². The molecule has 1 saturated carbocycles. The van der Waals surface area contributed by atoms with Crippen molar-refractivity contribution in [2.24, 2.45) is 11.1 Å². The highest BCUT2D eigenvalue weighted by atomic mass is 16.5. The second-order valence-electron chi connectivity index (χ2n) is 4.34. The lowest BCUT2D eigenvalue weighted by molar-refractivity contribution is 0.0765. The summed E-state index contributed by atoms with van der Waals surface area (Å²) < 4.78 is 5.75. The Bertz CT molecular complexity index is 176. The molecule has 2 fully saturated rings. The Morgan fingerprint density at radius 3 is 2.45 bits per heavy atom. The van der Waals surface area contributed by atoms with Gasteiger partial charge in [0, 0.05) is 11.5 Å². The van der Waals surface area contributed by atoms with Gasteiger partial charge in [-0.3, -0.25) is 0 Å². The molecular formula is C9H17NO. The van der Waals surface area contributed by atoms with Gasteiger partial charge in [0.05, 0.1) is 12.2 Å². The van der Waals surface area contributed by atoms with Crippen molar-refractivity contribution >= 4 is 0 Å². The molecule has 2 N–H and O–H groups in total. The molecule has 1 spiro atoms. The lowest BCUT2D eigenvalue weighted by Crippen LogP contribution is -2.43. The number of ether oxygens (including phenoxy) is 1. The first kappa shape index (κ1) is 7.56. The second-order valence-corrected chi connectivity index (χ2v) is 4.34. The second kappa shape index (κ2) is 1.99. The predicted molar refractivity (Wildman–Crippen MR) is 44.3 cm³/mol. The van der Waals surface area contributed by atoms with Crippen LogP contribution < -0.4 is 5.73 Å². The molecule has 0 aromatic heterocycles. The molecule has 0 bridgehead atoms. The summed E-state index contributed by atoms with van der Waals surface area (Å²) in [5.41, 5.74) is 6.50. The smallest absolute Gasteiger partial charge is 0.0841 e. The van der Waals surface area contributed by atoms with Crippen molar-refractivity contribution in [1.82, 2.24) is 0 Å². The number of rotatable bonds is 1. The van der Waals surface area contributed by atoms with E-state index < -0.39 is 0 Å². The predicted octanol–water partition coefficient (Wildman–Crippen LogP) is 1.29. The minimum absolute atomic E-state index is 0.116. The highest BCUT2D eigenvalue weighted by Crippen LogP contribution is 2.53. The fourth-order valence-electron chi connectivity index (χ4n) is 2.02. The van der Waals surface area contributed by atoms with Crippen molar-refractivity contribution in [2.45, 2.75) is 44.8 Å². The molecule has 2 rings (SSSR count). The number of hydrogen-bond donors (Lipinski definition) is 1. The summed E-state index contributed by atoms with van der Waals surface area (Å²) in [4.78, 5) is 0. The van der Waals surface area contributed by atoms with E-state index in [0.29, 0.717) is 0 Å². The van der Waals surface area contributed by atoms with Crippen LogP contribution >= 0.6 is 0 Å². The van der Waals surface area contributed by atoms with E-state index in [9.17, 15) is 0 Å². The molecule has 1 aliphatic carbocycles. The van der Waals surface area contributed by atoms with Gasteiger partial charge in [-0.05, 0) is 19.3 Å². The highest BCUT2D eigenvalue weighted by molar-refractivity contribution is 5.13. The maximum atomic E-state index is 6.14. The summed E-state index contributed by atoms with van der Waals surface area (Å²) in [6, 6.07) is 0.278. The third-order valence-corrected chi connectivity index (χ3v) is 3.56. The van der Waals surface area contributed by atoms with Gasteiger partial charge in [-0.1, -0.05) is 13.8 Å². The molecule has 1 unspecified atom stereocenters. The summed E-state index contributed by atoms with van der Waals surface area (Å²) in [5.74, 6) is 0. The van der Waals surface area contributed by atoms with Crippen molar-refractivity contribution in [3.05, 3.63) is 0 Å². The quantitative estimate of drug-likeness (QED) is 0.619. The van der Waals surface area contributed by atoms with Crippen LogP contribution in [0.4, 0.5) is 0 Å². The average molecular weight is 155 g/mol. The van der Waals surface area contributed by atoms with Crippen LogP contribution in [0.3, 0.4) is 0 Å². The Hall–Kier alpha value is -0.0800. The topological polar surface area (TPSA) is 35.2 Å². The van der Waals surface area contributed by atoms with Crippen LogP contribution in [0.25, 0.3) is 0 Å². The maximum absolute atomic E-state index is 6.14. The largest absolute Gasteiger partial charge is 0.373 e. The van der Waals surface area contributed by atoms with Crippen LogP contribution in [0, 0.1) is 5.41 Å². The van der Waals surface area contributed by atoms with E-state index in [1.54, 1.807) is 0 Å². The zero-order chi connectivity index (χ0) is 8.11. The minimum Gasteiger partial charge on any atom is -0.373 e. The molecule has 1 aliphatic heterocycles. The van der Waals surface area contributed by atoms with Crippen molar-refractivity contribution in [2.75, 3.05) is 6.61 Å². The molecule has 2 aliphatic rings. The molecule has 0 radical (unpaired) electrons. The first-order chi connectivity index (χ1) is 5.13. The lowest BCUT2D eigenvalue weighted by Gasteiger charge is -2.27. The SMILES string of the molecule is CCC1(C)COC2(CC2)[C@H]1N. The fourth-order valence-corrected chi connectivity index (χ4v) is 2.02. The zero-order valence-corrected chi connectivity index (χ0v) is 7.39. The van der Waals surface area contributed by atoms with E-state index in [0.717, 1.165) is 13.0 Å². The average Bonchev–Trinajstić information content (AvgIpc) is 2.75. The van der Waals surface area contributed by atoms with E-state index in [1.165, 1.54) is 12.8 Å². The molecule has 0 aromatic carbocycles. The fraction of sp³-hybridized carbons (Fsp3) is 1.00. The normalized spacial score (nSPS) is 46.6. The van der Waals surface area contributed by atoms with Crippen molar-refractivity contribution < 1.29 is 4.74 Å². The van der Waals surface area contributed by atoms with Crippen molar-refractivity contribution in [1.29, 1.82) is 0 Å². The molecular weight excluding hydrogens is 138 g/mol. The van der Waals surface area contributed by atoms with Crippen molar-refractivity contribution in [3.8, 4) is 0 Å². The summed E-state index contributed by atoms with van der Waals surface area (Å²) in [6.07, 6.45) is 3.50. The van der Waals surface area contributed by atoms with Crippen LogP contribution in [0.2, 0.25) is 0 Å². The molecule has 2 nitrogen and oxygen atoms in total. The van der Waals surface area contributed by atoms with E-state index in [2.05, 4.69) is 13.8 Å². The Labute approximate surface area is 68.1 Å². The molecule has 11 heavy (non-hydrogen) atoms. The van der Waals surface area contributed by atoms with Crippen LogP contribution in [0.1, 0.15) is 33.1 Å². The summed E-state index contributed by atoms with van der Waals surface area (Å²) >= 11 is 0. The molecule has 2 atom stereocenters. The third kappa shape index (κ3) is 0.859. The van der Waals surface area contributed by atoms with Gasteiger partial charge in [0.2, 0.25) is 0 Å². The van der Waals surface area contributed by atoms with E-state index >= 15 is 0 Å². The van der Waals surface area contributed by atoms with Gasteiger partial charge in [0.15, 0.2) is 0 Å². The molecule has 0 aromatic rings. The minimum atomic E-state index is 0.116. The Morgan fingerprint density at radius 1 is 1.55 bits per heavy atom. The third-order valence-electron chi connectivity index (χ3n) is 3.56. The van der Waals surface area contributed by atoms with Crippen molar-refractivity contribution in [3.63, 3.8) is 0 Å². The highest BCUT2D eigenvalue weighted by Gasteiger charge is 2.60. The summed E-state index contributed by atoms with van der Waals surface area (Å²) in [5, 5.41) is 0. The first-order valence-corrected chi connectivity index (χ1v) is 4.52. The summed E-state index contributed by atoms with van der Waals surface area (Å²) in [7, 11) is 0. The molecule has 2 heteroatoms. The Morgan fingerprint density at radius 2 is 2.18 bits per heavy atom. The van der Waals surface area contributed by atoms with Gasteiger partial charge in [-0.15, -0.1) is 0 Å². The van der Waals surface area contributed by atoms with Crippen LogP contribution in [-0.2, 0) is 4.74 Å². The standard InChI is InChI=1S/C9H17NO/c1-3-8(2)6-11-9(4-5-9)7(8)10/h7H,3-6,10H2,1-2H3/t7-,8?/m0/s1. The van der Waals surface area contributed by atoms with E-state index in [1.807, 2.05) is 0 Å². The van der Waals surface area contributed by atoms with Crippen LogP contribution in [0.15, 0.2) is 0 Å². The molecule has 64 valence electrons. The Balaban J connectivity index is 2.17. The van der Waals surface area contributed by atoms with E-state index in [-0.39, 0.29) is 17.1 Å². The summed E-state index contributed by atoms with van der Waals surface area (Å²) in [6.45, 7) is 5.31. The maximum Gasteiger partial charge on any atom is 0.0841 e. The van der Waals surface area contributed by atoms with Gasteiger partial charge in [0.1, 0.15) is 0 Å². The number of hydrogen-bond acceptors (Lipinski definition) is 2. The van der Waals surface area contributed by atoms with Gasteiger partial charge >= 0.3 is 0 Å². The van der Waals surface area contributed by atoms with Gasteiger partial charge in [-0.25, -0.2) is 0 Å². The van der Waals surface area contributed by atoms with Gasteiger partial charge < -0.3 is 10.5 Å². The van der Waals surface area contributed by atoms with Crippen LogP contribution in [0.5, 0.6) is 0 Å². The monoisotopic (exact) mass is 155 g/mol. The van der Waals surface area contributed by atoms with Gasteiger partial charge in [0.25, 0.3) is 0 Å². The Kier molecular flexibility index (Phi) is 1.37. The van der Waals surface area contributed by atoms with Gasteiger partial charge in [-0.2, -0.15) is 0 Å². The molecule has 1 heterocycles. The lowest BCUT2D eigenvalue weighted by atomic mass is 9.80. The van der Waals surface area contributed by atoms with Crippen LogP contribution in [-0.4, -0.2) is 18.2 Å². The first-order valence-electron chi connectivity index (χ1n) is 4.52. The zero-order valence-electron chi connectivity index (χ0n) is 7.39.